The molecule has 33 heavy (non-hydrogen) atoms. The number of hydrogen-bond acceptors (Lipinski definition) is 0. The van der Waals surface area contributed by atoms with E-state index in [2.05, 4.69) is 132 Å². The fourth-order valence-electron chi connectivity index (χ4n) is 5.90. The lowest BCUT2D eigenvalue weighted by Gasteiger charge is -2.42. The number of fused-ring (bicyclic) bond motifs is 1. The molecule has 0 atom stereocenters. The summed E-state index contributed by atoms with van der Waals surface area (Å²) in [7, 11) is 0.555. The van der Waals surface area contributed by atoms with E-state index < -0.39 is 8.07 Å². The first-order chi connectivity index (χ1) is 15.7. The van der Waals surface area contributed by atoms with Gasteiger partial charge in [-0.3, -0.25) is 0 Å². The van der Waals surface area contributed by atoms with Crippen LogP contribution < -0.4 is 9.75 Å². The summed E-state index contributed by atoms with van der Waals surface area (Å²) in [6.07, 6.45) is 2.23. The Morgan fingerprint density at radius 2 is 1.48 bits per heavy atom. The first-order valence-corrected chi connectivity index (χ1v) is 14.7. The number of rotatable bonds is 5. The van der Waals surface area contributed by atoms with E-state index in [1.54, 1.807) is 5.19 Å². The van der Waals surface area contributed by atoms with E-state index >= 15 is 0 Å². The fraction of sp³-hybridized carbons (Fsp3) is 0.323. The molecule has 170 valence electrons. The lowest BCUT2D eigenvalue weighted by molar-refractivity contribution is -0.659. The molecule has 1 nitrogen and oxygen atoms in total. The van der Waals surface area contributed by atoms with Crippen molar-refractivity contribution in [3.63, 3.8) is 0 Å². The molecular weight excluding hydrogens is 414 g/mol. The Balaban J connectivity index is 1.87. The predicted octanol–water partition coefficient (Wildman–Crippen LogP) is 7.80. The maximum Gasteiger partial charge on any atom is 0.220 e. The average Bonchev–Trinajstić information content (AvgIpc) is 2.80. The molecule has 3 aromatic carbocycles. The highest BCUT2D eigenvalue weighted by atomic mass is 28.3. The van der Waals surface area contributed by atoms with Crippen LogP contribution in [0.2, 0.25) is 17.1 Å². The van der Waals surface area contributed by atoms with Crippen molar-refractivity contribution in [1.82, 2.24) is 0 Å². The zero-order valence-electron chi connectivity index (χ0n) is 21.4. The Bertz CT molecular complexity index is 1280. The van der Waals surface area contributed by atoms with Gasteiger partial charge in [-0.1, -0.05) is 106 Å². The van der Waals surface area contributed by atoms with Crippen LogP contribution in [0.25, 0.3) is 33.2 Å². The molecule has 0 aliphatic carbocycles. The standard InChI is InChI=1S/C31H38NSi/c1-8-33(9-2,31(4,5)6)27-16-18-29-26(22-27)19-20-32(7)30(29)28-17-15-25(21-23(28)3)24-13-11-10-12-14-24/h10-22H,8-9H2,1-7H3/q+1. The third-order valence-electron chi connectivity index (χ3n) is 7.92. The van der Waals surface area contributed by atoms with E-state index in [1.807, 2.05) is 0 Å². The van der Waals surface area contributed by atoms with E-state index in [-0.39, 0.29) is 0 Å². The van der Waals surface area contributed by atoms with Gasteiger partial charge in [-0.25, -0.2) is 4.57 Å². The summed E-state index contributed by atoms with van der Waals surface area (Å²) in [6.45, 7) is 14.4. The van der Waals surface area contributed by atoms with Crippen LogP contribution >= 0.6 is 0 Å². The average molecular weight is 453 g/mol. The smallest absolute Gasteiger partial charge is 0.200 e. The minimum Gasteiger partial charge on any atom is -0.200 e. The van der Waals surface area contributed by atoms with Gasteiger partial charge in [0.05, 0.1) is 13.5 Å². The van der Waals surface area contributed by atoms with Crippen LogP contribution in [-0.2, 0) is 7.05 Å². The van der Waals surface area contributed by atoms with Crippen molar-refractivity contribution in [3.05, 3.63) is 84.6 Å². The van der Waals surface area contributed by atoms with Gasteiger partial charge in [-0.05, 0) is 46.2 Å². The maximum atomic E-state index is 2.51. The highest BCUT2D eigenvalue weighted by molar-refractivity contribution is 6.94. The molecule has 1 aromatic heterocycles. The highest BCUT2D eigenvalue weighted by Gasteiger charge is 2.42. The van der Waals surface area contributed by atoms with Crippen molar-refractivity contribution in [2.45, 2.75) is 58.7 Å². The normalized spacial score (nSPS) is 12.3. The second-order valence-electron chi connectivity index (χ2n) is 10.5. The second kappa shape index (κ2) is 8.91. The van der Waals surface area contributed by atoms with Crippen molar-refractivity contribution in [3.8, 4) is 22.4 Å². The lowest BCUT2D eigenvalue weighted by Crippen LogP contribution is -2.53. The quantitative estimate of drug-likeness (QED) is 0.215. The van der Waals surface area contributed by atoms with Crippen molar-refractivity contribution < 1.29 is 4.57 Å². The largest absolute Gasteiger partial charge is 0.220 e. The Labute approximate surface area is 201 Å². The van der Waals surface area contributed by atoms with Crippen molar-refractivity contribution in [2.24, 2.45) is 7.05 Å². The molecule has 0 unspecified atom stereocenters. The summed E-state index contributed by atoms with van der Waals surface area (Å²) in [4.78, 5) is 0. The SMILES string of the molecule is CC[Si](CC)(c1ccc2c(-c3ccc(-c4ccccc4)cc3C)[n+](C)ccc2c1)C(C)(C)C. The minimum atomic E-state index is -1.61. The first kappa shape index (κ1) is 23.4. The number of hydrogen-bond donors (Lipinski definition) is 0. The van der Waals surface area contributed by atoms with Crippen LogP contribution in [0, 0.1) is 6.92 Å². The topological polar surface area (TPSA) is 3.88 Å². The molecule has 0 saturated heterocycles. The zero-order valence-corrected chi connectivity index (χ0v) is 22.4. The summed E-state index contributed by atoms with van der Waals surface area (Å²) in [5, 5.41) is 4.64. The van der Waals surface area contributed by atoms with Gasteiger partial charge >= 0.3 is 0 Å². The molecule has 0 radical (unpaired) electrons. The maximum absolute atomic E-state index is 2.51. The van der Waals surface area contributed by atoms with Gasteiger partial charge in [-0.2, -0.15) is 0 Å². The number of aromatic nitrogens is 1. The van der Waals surface area contributed by atoms with E-state index in [1.165, 1.54) is 50.8 Å². The van der Waals surface area contributed by atoms with Gasteiger partial charge in [0.15, 0.2) is 6.20 Å². The Kier molecular flexibility index (Phi) is 6.33. The van der Waals surface area contributed by atoms with Gasteiger partial charge in [0.25, 0.3) is 0 Å². The van der Waals surface area contributed by atoms with Gasteiger partial charge in [0, 0.05) is 11.6 Å². The van der Waals surface area contributed by atoms with Gasteiger partial charge < -0.3 is 0 Å². The Morgan fingerprint density at radius 3 is 2.09 bits per heavy atom. The predicted molar refractivity (Wildman–Crippen MR) is 147 cm³/mol. The van der Waals surface area contributed by atoms with Crippen molar-refractivity contribution >= 4 is 24.0 Å². The molecule has 0 spiro atoms. The molecule has 0 aliphatic rings. The van der Waals surface area contributed by atoms with Crippen LogP contribution in [0.15, 0.2) is 79.0 Å². The third kappa shape index (κ3) is 4.06. The second-order valence-corrected chi connectivity index (χ2v) is 16.2. The number of pyridine rings is 1. The van der Waals surface area contributed by atoms with E-state index in [9.17, 15) is 0 Å². The Hall–Kier alpha value is -2.71. The minimum absolute atomic E-state index is 0.344. The molecule has 2 heteroatoms. The molecule has 1 heterocycles. The summed E-state index contributed by atoms with van der Waals surface area (Å²) in [6, 6.07) is 29.7. The number of aryl methyl sites for hydroxylation is 2. The molecule has 0 aliphatic heterocycles. The molecule has 0 fully saturated rings. The van der Waals surface area contributed by atoms with Gasteiger partial charge in [0.1, 0.15) is 7.05 Å². The Morgan fingerprint density at radius 1 is 0.788 bits per heavy atom. The van der Waals surface area contributed by atoms with E-state index in [0.29, 0.717) is 5.04 Å². The lowest BCUT2D eigenvalue weighted by atomic mass is 9.95. The molecule has 4 aromatic rings. The number of nitrogens with zero attached hydrogens (tertiary/aromatic N) is 1. The highest BCUT2D eigenvalue weighted by Crippen LogP contribution is 2.41. The summed E-state index contributed by atoms with van der Waals surface area (Å²) >= 11 is 0. The van der Waals surface area contributed by atoms with Crippen LogP contribution in [0.1, 0.15) is 40.2 Å². The molecule has 0 bridgehead atoms. The van der Waals surface area contributed by atoms with E-state index in [0.717, 1.165) is 0 Å². The van der Waals surface area contributed by atoms with Crippen molar-refractivity contribution in [1.29, 1.82) is 0 Å². The molecule has 0 amide bonds. The van der Waals surface area contributed by atoms with Gasteiger partial charge in [0.2, 0.25) is 5.69 Å². The van der Waals surface area contributed by atoms with Crippen LogP contribution in [0.5, 0.6) is 0 Å². The zero-order chi connectivity index (χ0) is 23.8. The summed E-state index contributed by atoms with van der Waals surface area (Å²) in [5.74, 6) is 0. The summed E-state index contributed by atoms with van der Waals surface area (Å²) < 4.78 is 2.28. The van der Waals surface area contributed by atoms with Gasteiger partial charge in [-0.15, -0.1) is 0 Å². The van der Waals surface area contributed by atoms with Crippen LogP contribution in [-0.4, -0.2) is 8.07 Å². The molecule has 4 rings (SSSR count). The first-order valence-electron chi connectivity index (χ1n) is 12.3. The van der Waals surface area contributed by atoms with Crippen molar-refractivity contribution in [2.75, 3.05) is 0 Å². The van der Waals surface area contributed by atoms with E-state index in [4.69, 9.17) is 0 Å². The summed E-state index contributed by atoms with van der Waals surface area (Å²) in [5.41, 5.74) is 6.45. The monoisotopic (exact) mass is 452 g/mol. The van der Waals surface area contributed by atoms with Crippen LogP contribution in [0.3, 0.4) is 0 Å². The number of benzene rings is 3. The molecule has 0 saturated carbocycles. The van der Waals surface area contributed by atoms with Crippen LogP contribution in [0.4, 0.5) is 0 Å². The third-order valence-corrected chi connectivity index (χ3v) is 14.6. The molecule has 0 N–H and O–H groups in total. The fourth-order valence-corrected chi connectivity index (χ4v) is 11.0. The molecular formula is C31H38NSi+.